The molecule has 0 aromatic carbocycles. The van der Waals surface area contributed by atoms with Crippen LogP contribution in [-0.2, 0) is 0 Å². The molecule has 2 atom stereocenters. The molecule has 0 radical (unpaired) electrons. The molecule has 2 rings (SSSR count). The quantitative estimate of drug-likeness (QED) is 0.884. The van der Waals surface area contributed by atoms with Crippen LogP contribution in [0.3, 0.4) is 0 Å². The standard InChI is InChI=1S/C13H22ClN3O/c1-3-15-13(9-18)6-4-5-11(7-13)17-8-12(14)10(2)16-17/h8,11,15,18H,3-7,9H2,1-2H3. The Morgan fingerprint density at radius 3 is 3.00 bits per heavy atom. The van der Waals surface area contributed by atoms with E-state index in [0.717, 1.165) is 42.9 Å². The van der Waals surface area contributed by atoms with E-state index in [1.54, 1.807) is 0 Å². The minimum Gasteiger partial charge on any atom is -0.394 e. The summed E-state index contributed by atoms with van der Waals surface area (Å²) in [5.74, 6) is 0. The Labute approximate surface area is 113 Å². The van der Waals surface area contributed by atoms with Gasteiger partial charge in [-0.3, -0.25) is 4.68 Å². The van der Waals surface area contributed by atoms with E-state index in [2.05, 4.69) is 17.3 Å². The number of aryl methyl sites for hydroxylation is 1. The number of aliphatic hydroxyl groups is 1. The topological polar surface area (TPSA) is 50.1 Å². The number of halogens is 1. The lowest BCUT2D eigenvalue weighted by atomic mass is 9.79. The van der Waals surface area contributed by atoms with E-state index in [0.29, 0.717) is 6.04 Å². The van der Waals surface area contributed by atoms with Gasteiger partial charge in [-0.1, -0.05) is 18.5 Å². The number of nitrogens with zero attached hydrogens (tertiary/aromatic N) is 2. The number of aliphatic hydroxyl groups excluding tert-OH is 1. The van der Waals surface area contributed by atoms with Gasteiger partial charge in [-0.2, -0.15) is 5.10 Å². The van der Waals surface area contributed by atoms with Crippen molar-refractivity contribution in [1.82, 2.24) is 15.1 Å². The van der Waals surface area contributed by atoms with Crippen LogP contribution >= 0.6 is 11.6 Å². The summed E-state index contributed by atoms with van der Waals surface area (Å²) in [6.45, 7) is 5.07. The lowest BCUT2D eigenvalue weighted by Crippen LogP contribution is -2.51. The highest BCUT2D eigenvalue weighted by Gasteiger charge is 2.36. The normalized spacial score (nSPS) is 28.6. The van der Waals surface area contributed by atoms with Crippen molar-refractivity contribution in [3.05, 3.63) is 16.9 Å². The smallest absolute Gasteiger partial charge is 0.0815 e. The Hall–Kier alpha value is -0.580. The highest BCUT2D eigenvalue weighted by Crippen LogP contribution is 2.35. The Morgan fingerprint density at radius 1 is 1.67 bits per heavy atom. The monoisotopic (exact) mass is 271 g/mol. The molecular weight excluding hydrogens is 250 g/mol. The fraction of sp³-hybridized carbons (Fsp3) is 0.769. The fourth-order valence-corrected chi connectivity index (χ4v) is 3.08. The third kappa shape index (κ3) is 2.71. The third-order valence-corrected chi connectivity index (χ3v) is 4.28. The molecule has 0 bridgehead atoms. The molecule has 1 aliphatic rings. The molecule has 0 amide bonds. The summed E-state index contributed by atoms with van der Waals surface area (Å²) < 4.78 is 1.97. The molecule has 102 valence electrons. The molecule has 1 aliphatic carbocycles. The van der Waals surface area contributed by atoms with Gasteiger partial charge in [0.05, 0.1) is 23.4 Å². The van der Waals surface area contributed by atoms with E-state index < -0.39 is 0 Å². The maximum Gasteiger partial charge on any atom is 0.0815 e. The van der Waals surface area contributed by atoms with Crippen LogP contribution in [-0.4, -0.2) is 33.6 Å². The summed E-state index contributed by atoms with van der Waals surface area (Å²) in [5, 5.41) is 18.3. The Morgan fingerprint density at radius 2 is 2.44 bits per heavy atom. The second-order valence-electron chi connectivity index (χ2n) is 5.26. The van der Waals surface area contributed by atoms with E-state index in [9.17, 15) is 5.11 Å². The molecular formula is C13H22ClN3O. The van der Waals surface area contributed by atoms with Crippen LogP contribution in [0, 0.1) is 6.92 Å². The summed E-state index contributed by atoms with van der Waals surface area (Å²) in [7, 11) is 0. The zero-order valence-corrected chi connectivity index (χ0v) is 11.9. The molecule has 2 unspecified atom stereocenters. The van der Waals surface area contributed by atoms with Gasteiger partial charge in [-0.05, 0) is 39.2 Å². The van der Waals surface area contributed by atoms with Gasteiger partial charge in [-0.15, -0.1) is 0 Å². The van der Waals surface area contributed by atoms with Gasteiger partial charge in [0.2, 0.25) is 0 Å². The van der Waals surface area contributed by atoms with Gasteiger partial charge >= 0.3 is 0 Å². The highest BCUT2D eigenvalue weighted by molar-refractivity contribution is 6.31. The van der Waals surface area contributed by atoms with Crippen molar-refractivity contribution in [2.24, 2.45) is 0 Å². The van der Waals surface area contributed by atoms with Crippen LogP contribution in [0.5, 0.6) is 0 Å². The third-order valence-electron chi connectivity index (χ3n) is 3.90. The zero-order valence-electron chi connectivity index (χ0n) is 11.1. The SMILES string of the molecule is CCNC1(CO)CCCC(n2cc(Cl)c(C)n2)C1. The Balaban J connectivity index is 2.15. The van der Waals surface area contributed by atoms with Crippen molar-refractivity contribution in [3.63, 3.8) is 0 Å². The summed E-state index contributed by atoms with van der Waals surface area (Å²) in [5.41, 5.74) is 0.726. The first-order valence-corrected chi connectivity index (χ1v) is 7.05. The molecule has 1 fully saturated rings. The molecule has 1 aromatic heterocycles. The van der Waals surface area contributed by atoms with Crippen molar-refractivity contribution in [2.75, 3.05) is 13.2 Å². The summed E-state index contributed by atoms with van der Waals surface area (Å²) in [6, 6.07) is 0.330. The van der Waals surface area contributed by atoms with Crippen molar-refractivity contribution >= 4 is 11.6 Å². The summed E-state index contributed by atoms with van der Waals surface area (Å²) in [6.07, 6.45) is 6.05. The van der Waals surface area contributed by atoms with E-state index in [1.807, 2.05) is 17.8 Å². The first-order chi connectivity index (χ1) is 8.60. The van der Waals surface area contributed by atoms with Crippen LogP contribution in [0.2, 0.25) is 5.02 Å². The number of hydrogen-bond donors (Lipinski definition) is 2. The highest BCUT2D eigenvalue weighted by atomic mass is 35.5. The second kappa shape index (κ2) is 5.59. The van der Waals surface area contributed by atoms with Crippen LogP contribution in [0.15, 0.2) is 6.20 Å². The largest absolute Gasteiger partial charge is 0.394 e. The average Bonchev–Trinajstić information content (AvgIpc) is 2.70. The lowest BCUT2D eigenvalue weighted by Gasteiger charge is -2.40. The minimum atomic E-state index is -0.149. The van der Waals surface area contributed by atoms with Crippen molar-refractivity contribution in [2.45, 2.75) is 51.1 Å². The summed E-state index contributed by atoms with van der Waals surface area (Å²) >= 11 is 6.07. The Bertz CT molecular complexity index is 383. The molecule has 0 spiro atoms. The molecule has 1 aromatic rings. The van der Waals surface area contributed by atoms with Crippen LogP contribution in [0.1, 0.15) is 44.3 Å². The van der Waals surface area contributed by atoms with E-state index >= 15 is 0 Å². The van der Waals surface area contributed by atoms with Crippen molar-refractivity contribution in [1.29, 1.82) is 0 Å². The predicted octanol–water partition coefficient (Wildman–Crippen LogP) is 2.30. The van der Waals surface area contributed by atoms with Gasteiger partial charge in [0.25, 0.3) is 0 Å². The molecule has 0 saturated heterocycles. The first kappa shape index (κ1) is 13.8. The van der Waals surface area contributed by atoms with Gasteiger partial charge < -0.3 is 10.4 Å². The summed E-state index contributed by atoms with van der Waals surface area (Å²) in [4.78, 5) is 0. The number of aromatic nitrogens is 2. The van der Waals surface area contributed by atoms with Crippen LogP contribution < -0.4 is 5.32 Å². The van der Waals surface area contributed by atoms with Gasteiger partial charge in [-0.25, -0.2) is 0 Å². The second-order valence-corrected chi connectivity index (χ2v) is 5.67. The van der Waals surface area contributed by atoms with E-state index in [4.69, 9.17) is 11.6 Å². The maximum atomic E-state index is 9.68. The molecule has 5 heteroatoms. The van der Waals surface area contributed by atoms with Gasteiger partial charge in [0.1, 0.15) is 0 Å². The molecule has 0 aliphatic heterocycles. The van der Waals surface area contributed by atoms with Gasteiger partial charge in [0.15, 0.2) is 0 Å². The predicted molar refractivity (Wildman–Crippen MR) is 73.0 cm³/mol. The average molecular weight is 272 g/mol. The lowest BCUT2D eigenvalue weighted by molar-refractivity contribution is 0.0960. The van der Waals surface area contributed by atoms with Crippen LogP contribution in [0.4, 0.5) is 0 Å². The molecule has 1 saturated carbocycles. The zero-order chi connectivity index (χ0) is 13.2. The number of likely N-dealkylation sites (N-methyl/N-ethyl adjacent to an activating group) is 1. The van der Waals surface area contributed by atoms with Crippen LogP contribution in [0.25, 0.3) is 0 Å². The van der Waals surface area contributed by atoms with Gasteiger partial charge in [0, 0.05) is 11.7 Å². The molecule has 2 N–H and O–H groups in total. The first-order valence-electron chi connectivity index (χ1n) is 6.67. The molecule has 1 heterocycles. The number of nitrogens with one attached hydrogen (secondary N) is 1. The molecule has 4 nitrogen and oxygen atoms in total. The number of rotatable bonds is 4. The van der Waals surface area contributed by atoms with Crippen molar-refractivity contribution < 1.29 is 5.11 Å². The van der Waals surface area contributed by atoms with Crippen molar-refractivity contribution in [3.8, 4) is 0 Å². The Kier molecular flexibility index (Phi) is 4.30. The van der Waals surface area contributed by atoms with E-state index in [1.165, 1.54) is 0 Å². The fourth-order valence-electron chi connectivity index (χ4n) is 2.94. The number of hydrogen-bond acceptors (Lipinski definition) is 3. The molecule has 18 heavy (non-hydrogen) atoms. The maximum absolute atomic E-state index is 9.68. The van der Waals surface area contributed by atoms with E-state index in [-0.39, 0.29) is 12.1 Å². The minimum absolute atomic E-state index is 0.149.